The largest absolute Gasteiger partial charge is 0.475 e. The molecule has 0 aliphatic rings. The molecule has 0 aliphatic heterocycles. The number of methoxy groups -OCH3 is 1. The molecule has 0 aliphatic carbocycles. The van der Waals surface area contributed by atoms with Gasteiger partial charge in [0.2, 0.25) is 5.88 Å². The molecule has 0 atom stereocenters. The highest BCUT2D eigenvalue weighted by molar-refractivity contribution is 5.36. The first-order valence-corrected chi connectivity index (χ1v) is 6.51. The van der Waals surface area contributed by atoms with Gasteiger partial charge in [-0.25, -0.2) is 9.97 Å². The molecule has 0 spiro atoms. The number of ether oxygens (including phenoxy) is 3. The molecule has 0 amide bonds. The van der Waals surface area contributed by atoms with Crippen molar-refractivity contribution in [3.63, 3.8) is 0 Å². The van der Waals surface area contributed by atoms with Gasteiger partial charge in [0.05, 0.1) is 12.7 Å². The second kappa shape index (κ2) is 9.52. The van der Waals surface area contributed by atoms with Crippen LogP contribution in [0, 0.1) is 0 Å². The van der Waals surface area contributed by atoms with E-state index >= 15 is 0 Å². The molecule has 0 fully saturated rings. The van der Waals surface area contributed by atoms with Crippen LogP contribution in [0.25, 0.3) is 0 Å². The zero-order valence-electron chi connectivity index (χ0n) is 11.9. The Labute approximate surface area is 114 Å². The Kier molecular flexibility index (Phi) is 7.84. The first-order chi connectivity index (χ1) is 9.22. The standard InChI is InChI=1S/C13H23N3O3/c1-11(2)18-6-4-5-14-12-9-13(16-10-15-12)19-8-7-17-3/h9-11H,4-8H2,1-3H3,(H,14,15,16). The van der Waals surface area contributed by atoms with Gasteiger partial charge in [0.1, 0.15) is 18.8 Å². The van der Waals surface area contributed by atoms with Crippen LogP contribution in [0.4, 0.5) is 5.82 Å². The second-order valence-electron chi connectivity index (χ2n) is 4.28. The SMILES string of the molecule is COCCOc1cc(NCCCOC(C)C)ncn1. The molecule has 0 radical (unpaired) electrons. The van der Waals surface area contributed by atoms with E-state index < -0.39 is 0 Å². The summed E-state index contributed by atoms with van der Waals surface area (Å²) in [5, 5.41) is 3.21. The molecule has 0 bridgehead atoms. The van der Waals surface area contributed by atoms with Crippen molar-refractivity contribution in [2.75, 3.05) is 38.8 Å². The van der Waals surface area contributed by atoms with E-state index in [2.05, 4.69) is 15.3 Å². The molecule has 6 nitrogen and oxygen atoms in total. The molecule has 0 unspecified atom stereocenters. The summed E-state index contributed by atoms with van der Waals surface area (Å²) in [6.07, 6.45) is 2.69. The Balaban J connectivity index is 2.23. The van der Waals surface area contributed by atoms with Gasteiger partial charge in [0.25, 0.3) is 0 Å². The maximum atomic E-state index is 5.46. The normalized spacial score (nSPS) is 10.7. The Morgan fingerprint density at radius 3 is 2.79 bits per heavy atom. The number of nitrogens with zero attached hydrogens (tertiary/aromatic N) is 2. The predicted molar refractivity (Wildman–Crippen MR) is 73.6 cm³/mol. The van der Waals surface area contributed by atoms with Gasteiger partial charge in [-0.2, -0.15) is 0 Å². The van der Waals surface area contributed by atoms with Crippen molar-refractivity contribution >= 4 is 5.82 Å². The Hall–Kier alpha value is -1.40. The third-order valence-electron chi connectivity index (χ3n) is 2.26. The molecular weight excluding hydrogens is 246 g/mol. The van der Waals surface area contributed by atoms with E-state index in [0.29, 0.717) is 19.1 Å². The summed E-state index contributed by atoms with van der Waals surface area (Å²) in [7, 11) is 1.63. The highest BCUT2D eigenvalue weighted by atomic mass is 16.5. The minimum absolute atomic E-state index is 0.278. The molecule has 1 heterocycles. The summed E-state index contributed by atoms with van der Waals surface area (Å²) >= 11 is 0. The Bertz CT molecular complexity index is 348. The van der Waals surface area contributed by atoms with Crippen molar-refractivity contribution in [3.05, 3.63) is 12.4 Å². The number of anilines is 1. The van der Waals surface area contributed by atoms with Crippen LogP contribution in [-0.4, -0.2) is 49.5 Å². The summed E-state index contributed by atoms with van der Waals surface area (Å²) < 4.78 is 15.8. The summed E-state index contributed by atoms with van der Waals surface area (Å²) in [6, 6.07) is 1.78. The lowest BCUT2D eigenvalue weighted by Crippen LogP contribution is -2.10. The van der Waals surface area contributed by atoms with Crippen LogP contribution in [0.2, 0.25) is 0 Å². The van der Waals surface area contributed by atoms with Crippen LogP contribution in [-0.2, 0) is 9.47 Å². The van der Waals surface area contributed by atoms with Crippen molar-refractivity contribution in [1.29, 1.82) is 0 Å². The predicted octanol–water partition coefficient (Wildman–Crippen LogP) is 1.73. The minimum atomic E-state index is 0.278. The third-order valence-corrected chi connectivity index (χ3v) is 2.26. The van der Waals surface area contributed by atoms with Crippen molar-refractivity contribution in [1.82, 2.24) is 9.97 Å². The van der Waals surface area contributed by atoms with Gasteiger partial charge >= 0.3 is 0 Å². The fourth-order valence-corrected chi connectivity index (χ4v) is 1.35. The van der Waals surface area contributed by atoms with Crippen LogP contribution in [0.5, 0.6) is 5.88 Å². The number of hydrogen-bond donors (Lipinski definition) is 1. The fourth-order valence-electron chi connectivity index (χ4n) is 1.35. The molecule has 1 rings (SSSR count). The number of aromatic nitrogens is 2. The zero-order valence-corrected chi connectivity index (χ0v) is 11.9. The Morgan fingerprint density at radius 1 is 1.21 bits per heavy atom. The first-order valence-electron chi connectivity index (χ1n) is 6.51. The monoisotopic (exact) mass is 269 g/mol. The molecule has 1 aromatic rings. The highest BCUT2D eigenvalue weighted by Crippen LogP contribution is 2.10. The molecule has 108 valence electrons. The van der Waals surface area contributed by atoms with Crippen molar-refractivity contribution in [3.8, 4) is 5.88 Å². The molecule has 19 heavy (non-hydrogen) atoms. The average Bonchev–Trinajstić information content (AvgIpc) is 2.39. The quantitative estimate of drug-likeness (QED) is 0.653. The van der Waals surface area contributed by atoms with E-state index in [4.69, 9.17) is 14.2 Å². The van der Waals surface area contributed by atoms with Gasteiger partial charge in [-0.3, -0.25) is 0 Å². The lowest BCUT2D eigenvalue weighted by atomic mass is 10.4. The highest BCUT2D eigenvalue weighted by Gasteiger charge is 1.99. The maximum absolute atomic E-state index is 5.46. The van der Waals surface area contributed by atoms with Gasteiger partial charge in [-0.15, -0.1) is 0 Å². The zero-order chi connectivity index (χ0) is 13.9. The van der Waals surface area contributed by atoms with Crippen LogP contribution in [0.1, 0.15) is 20.3 Å². The molecule has 0 saturated heterocycles. The summed E-state index contributed by atoms with van der Waals surface area (Å²) in [5.41, 5.74) is 0. The molecule has 1 N–H and O–H groups in total. The van der Waals surface area contributed by atoms with E-state index in [9.17, 15) is 0 Å². The second-order valence-corrected chi connectivity index (χ2v) is 4.28. The van der Waals surface area contributed by atoms with Crippen molar-refractivity contribution in [2.45, 2.75) is 26.4 Å². The number of hydrogen-bond acceptors (Lipinski definition) is 6. The van der Waals surface area contributed by atoms with Crippen molar-refractivity contribution < 1.29 is 14.2 Å². The van der Waals surface area contributed by atoms with E-state index in [1.54, 1.807) is 13.2 Å². The Morgan fingerprint density at radius 2 is 2.05 bits per heavy atom. The van der Waals surface area contributed by atoms with Gasteiger partial charge in [-0.1, -0.05) is 0 Å². The topological polar surface area (TPSA) is 65.5 Å². The molecular formula is C13H23N3O3. The minimum Gasteiger partial charge on any atom is -0.475 e. The molecule has 0 saturated carbocycles. The summed E-state index contributed by atoms with van der Waals surface area (Å²) in [6.45, 7) is 6.63. The molecule has 6 heteroatoms. The van der Waals surface area contributed by atoms with Crippen LogP contribution in [0.15, 0.2) is 12.4 Å². The number of nitrogens with one attached hydrogen (secondary N) is 1. The summed E-state index contributed by atoms with van der Waals surface area (Å²) in [5.74, 6) is 1.31. The summed E-state index contributed by atoms with van der Waals surface area (Å²) in [4.78, 5) is 8.15. The smallest absolute Gasteiger partial charge is 0.218 e. The van der Waals surface area contributed by atoms with E-state index in [-0.39, 0.29) is 6.10 Å². The van der Waals surface area contributed by atoms with Gasteiger partial charge in [0.15, 0.2) is 0 Å². The first kappa shape index (κ1) is 15.7. The van der Waals surface area contributed by atoms with Crippen LogP contribution >= 0.6 is 0 Å². The third kappa shape index (κ3) is 7.58. The van der Waals surface area contributed by atoms with Gasteiger partial charge < -0.3 is 19.5 Å². The van der Waals surface area contributed by atoms with Crippen LogP contribution in [0.3, 0.4) is 0 Å². The van der Waals surface area contributed by atoms with E-state index in [0.717, 1.165) is 25.4 Å². The molecule has 1 aromatic heterocycles. The fraction of sp³-hybridized carbons (Fsp3) is 0.692. The maximum Gasteiger partial charge on any atom is 0.218 e. The number of rotatable bonds is 10. The lowest BCUT2D eigenvalue weighted by Gasteiger charge is -2.09. The average molecular weight is 269 g/mol. The molecule has 0 aromatic carbocycles. The lowest BCUT2D eigenvalue weighted by molar-refractivity contribution is 0.0787. The van der Waals surface area contributed by atoms with E-state index in [1.165, 1.54) is 6.33 Å². The van der Waals surface area contributed by atoms with Gasteiger partial charge in [0, 0.05) is 26.3 Å². The van der Waals surface area contributed by atoms with Crippen LogP contribution < -0.4 is 10.1 Å². The van der Waals surface area contributed by atoms with Gasteiger partial charge in [-0.05, 0) is 20.3 Å². The van der Waals surface area contributed by atoms with Crippen molar-refractivity contribution in [2.24, 2.45) is 0 Å². The van der Waals surface area contributed by atoms with E-state index in [1.807, 2.05) is 13.8 Å².